The largest absolute Gasteiger partial charge is 0.486 e. The lowest BCUT2D eigenvalue weighted by Gasteiger charge is -2.40. The lowest BCUT2D eigenvalue weighted by molar-refractivity contribution is -0.144. The SMILES string of the molecule is COC(=O)C1NNCC1CN1CC(Oc2ccccc2Cl)C1. The molecule has 2 aliphatic heterocycles. The molecular formula is C15H20ClN3O3. The van der Waals surface area contributed by atoms with Gasteiger partial charge in [-0.25, -0.2) is 5.43 Å². The van der Waals surface area contributed by atoms with Crippen molar-refractivity contribution in [3.05, 3.63) is 29.3 Å². The third-order valence-corrected chi connectivity index (χ3v) is 4.41. The third kappa shape index (κ3) is 3.35. The zero-order chi connectivity index (χ0) is 15.5. The fourth-order valence-electron chi connectivity index (χ4n) is 2.88. The highest BCUT2D eigenvalue weighted by molar-refractivity contribution is 6.32. The van der Waals surface area contributed by atoms with Crippen LogP contribution in [0.5, 0.6) is 5.75 Å². The maximum Gasteiger partial charge on any atom is 0.324 e. The quantitative estimate of drug-likeness (QED) is 0.776. The second kappa shape index (κ2) is 6.83. The van der Waals surface area contributed by atoms with E-state index >= 15 is 0 Å². The highest BCUT2D eigenvalue weighted by Gasteiger charge is 2.38. The van der Waals surface area contributed by atoms with E-state index in [1.54, 1.807) is 0 Å². The Labute approximate surface area is 134 Å². The van der Waals surface area contributed by atoms with Crippen molar-refractivity contribution >= 4 is 17.6 Å². The Morgan fingerprint density at radius 2 is 2.18 bits per heavy atom. The van der Waals surface area contributed by atoms with Gasteiger partial charge in [0.25, 0.3) is 0 Å². The molecule has 0 bridgehead atoms. The molecule has 2 aliphatic rings. The summed E-state index contributed by atoms with van der Waals surface area (Å²) in [6.45, 7) is 3.28. The van der Waals surface area contributed by atoms with E-state index in [1.807, 2.05) is 24.3 Å². The number of hydrazine groups is 1. The van der Waals surface area contributed by atoms with Crippen molar-refractivity contribution in [3.63, 3.8) is 0 Å². The van der Waals surface area contributed by atoms with Crippen LogP contribution in [-0.2, 0) is 9.53 Å². The normalized spacial score (nSPS) is 25.7. The van der Waals surface area contributed by atoms with E-state index in [4.69, 9.17) is 21.1 Å². The highest BCUT2D eigenvalue weighted by Crippen LogP contribution is 2.27. The monoisotopic (exact) mass is 325 g/mol. The number of halogens is 1. The van der Waals surface area contributed by atoms with Crippen LogP contribution in [0.4, 0.5) is 0 Å². The zero-order valence-electron chi connectivity index (χ0n) is 12.4. The number of ether oxygens (including phenoxy) is 2. The molecule has 0 aliphatic carbocycles. The fraction of sp³-hybridized carbons (Fsp3) is 0.533. The Hall–Kier alpha value is -1.34. The number of nitrogens with one attached hydrogen (secondary N) is 2. The molecule has 2 saturated heterocycles. The van der Waals surface area contributed by atoms with Crippen LogP contribution >= 0.6 is 11.6 Å². The zero-order valence-corrected chi connectivity index (χ0v) is 13.2. The van der Waals surface area contributed by atoms with Gasteiger partial charge in [0, 0.05) is 32.1 Å². The van der Waals surface area contributed by atoms with Crippen LogP contribution in [0.25, 0.3) is 0 Å². The van der Waals surface area contributed by atoms with E-state index < -0.39 is 0 Å². The van der Waals surface area contributed by atoms with Crippen molar-refractivity contribution in [1.29, 1.82) is 0 Å². The molecule has 0 aromatic heterocycles. The summed E-state index contributed by atoms with van der Waals surface area (Å²) in [5.41, 5.74) is 5.99. The molecule has 2 fully saturated rings. The Morgan fingerprint density at radius 3 is 2.91 bits per heavy atom. The van der Waals surface area contributed by atoms with Gasteiger partial charge in [-0.2, -0.15) is 0 Å². The van der Waals surface area contributed by atoms with Crippen LogP contribution in [-0.4, -0.2) is 56.3 Å². The molecule has 1 aromatic carbocycles. The molecule has 3 rings (SSSR count). The molecule has 2 N–H and O–H groups in total. The molecule has 120 valence electrons. The molecule has 7 heteroatoms. The van der Waals surface area contributed by atoms with Crippen molar-refractivity contribution in [2.24, 2.45) is 5.92 Å². The molecule has 2 unspecified atom stereocenters. The summed E-state index contributed by atoms with van der Waals surface area (Å²) in [6.07, 6.45) is 0.152. The topological polar surface area (TPSA) is 62.8 Å². The van der Waals surface area contributed by atoms with Crippen LogP contribution in [0.3, 0.4) is 0 Å². The van der Waals surface area contributed by atoms with E-state index in [2.05, 4.69) is 15.8 Å². The minimum atomic E-state index is -0.284. The molecule has 0 saturated carbocycles. The van der Waals surface area contributed by atoms with Gasteiger partial charge in [0.05, 0.1) is 12.1 Å². The van der Waals surface area contributed by atoms with E-state index in [9.17, 15) is 4.79 Å². The summed E-state index contributed by atoms with van der Waals surface area (Å²) in [4.78, 5) is 13.9. The summed E-state index contributed by atoms with van der Waals surface area (Å²) in [5.74, 6) is 0.707. The van der Waals surface area contributed by atoms with Crippen LogP contribution in [0, 0.1) is 5.92 Å². The first-order valence-electron chi connectivity index (χ1n) is 7.37. The van der Waals surface area contributed by atoms with Crippen molar-refractivity contribution in [2.75, 3.05) is 33.3 Å². The molecular weight excluding hydrogens is 306 g/mol. The van der Waals surface area contributed by atoms with E-state index in [0.29, 0.717) is 5.02 Å². The smallest absolute Gasteiger partial charge is 0.324 e. The minimum absolute atomic E-state index is 0.152. The number of nitrogens with zero attached hydrogens (tertiary/aromatic N) is 1. The summed E-state index contributed by atoms with van der Waals surface area (Å²) < 4.78 is 10.7. The first kappa shape index (κ1) is 15.6. The van der Waals surface area contributed by atoms with Gasteiger partial charge in [-0.3, -0.25) is 15.1 Å². The number of methoxy groups -OCH3 is 1. The second-order valence-electron chi connectivity index (χ2n) is 5.67. The average molecular weight is 326 g/mol. The predicted molar refractivity (Wildman–Crippen MR) is 82.7 cm³/mol. The predicted octanol–water partition coefficient (Wildman–Crippen LogP) is 0.669. The molecule has 0 spiro atoms. The van der Waals surface area contributed by atoms with Crippen LogP contribution in [0.15, 0.2) is 24.3 Å². The van der Waals surface area contributed by atoms with Gasteiger partial charge in [-0.15, -0.1) is 0 Å². The summed E-state index contributed by atoms with van der Waals surface area (Å²) in [7, 11) is 1.41. The van der Waals surface area contributed by atoms with Gasteiger partial charge in [0.15, 0.2) is 0 Å². The van der Waals surface area contributed by atoms with Crippen molar-refractivity contribution < 1.29 is 14.3 Å². The Morgan fingerprint density at radius 1 is 1.41 bits per heavy atom. The average Bonchev–Trinajstić information content (AvgIpc) is 2.94. The molecule has 0 amide bonds. The molecule has 0 radical (unpaired) electrons. The molecule has 22 heavy (non-hydrogen) atoms. The Bertz CT molecular complexity index is 537. The number of benzene rings is 1. The van der Waals surface area contributed by atoms with Crippen LogP contribution in [0.1, 0.15) is 0 Å². The first-order valence-corrected chi connectivity index (χ1v) is 7.75. The van der Waals surface area contributed by atoms with E-state index in [1.165, 1.54) is 7.11 Å². The summed E-state index contributed by atoms with van der Waals surface area (Å²) in [5, 5.41) is 0.635. The number of hydrogen-bond donors (Lipinski definition) is 2. The summed E-state index contributed by atoms with van der Waals surface area (Å²) in [6, 6.07) is 7.21. The first-order chi connectivity index (χ1) is 10.7. The number of para-hydroxylation sites is 1. The number of likely N-dealkylation sites (tertiary alicyclic amines) is 1. The van der Waals surface area contributed by atoms with Gasteiger partial charge >= 0.3 is 5.97 Å². The van der Waals surface area contributed by atoms with Gasteiger partial charge in [0.1, 0.15) is 17.9 Å². The number of carbonyl (C=O) groups excluding carboxylic acids is 1. The highest BCUT2D eigenvalue weighted by atomic mass is 35.5. The number of carbonyl (C=O) groups is 1. The molecule has 2 heterocycles. The summed E-state index contributed by atoms with van der Waals surface area (Å²) >= 11 is 6.09. The molecule has 1 aromatic rings. The number of hydrogen-bond acceptors (Lipinski definition) is 6. The van der Waals surface area contributed by atoms with Crippen LogP contribution in [0.2, 0.25) is 5.02 Å². The fourth-order valence-corrected chi connectivity index (χ4v) is 3.06. The van der Waals surface area contributed by atoms with Gasteiger partial charge < -0.3 is 9.47 Å². The lowest BCUT2D eigenvalue weighted by atomic mass is 9.99. The number of esters is 1. The van der Waals surface area contributed by atoms with Crippen molar-refractivity contribution in [1.82, 2.24) is 15.8 Å². The Kier molecular flexibility index (Phi) is 4.83. The van der Waals surface area contributed by atoms with Gasteiger partial charge in [-0.05, 0) is 12.1 Å². The standard InChI is InChI=1S/C15H20ClN3O3/c1-21-15(20)14-10(6-17-18-14)7-19-8-11(9-19)22-13-5-3-2-4-12(13)16/h2-5,10-11,14,17-18H,6-9H2,1H3. The van der Waals surface area contributed by atoms with Crippen molar-refractivity contribution in [3.8, 4) is 5.75 Å². The lowest BCUT2D eigenvalue weighted by Crippen LogP contribution is -2.56. The number of rotatable bonds is 5. The molecule has 2 atom stereocenters. The maximum absolute atomic E-state index is 11.7. The second-order valence-corrected chi connectivity index (χ2v) is 6.08. The molecule has 6 nitrogen and oxygen atoms in total. The maximum atomic E-state index is 11.7. The van der Waals surface area contributed by atoms with Gasteiger partial charge in [0.2, 0.25) is 0 Å². The van der Waals surface area contributed by atoms with Crippen molar-refractivity contribution in [2.45, 2.75) is 12.1 Å². The van der Waals surface area contributed by atoms with Gasteiger partial charge in [-0.1, -0.05) is 23.7 Å². The van der Waals surface area contributed by atoms with E-state index in [0.717, 1.165) is 31.9 Å². The van der Waals surface area contributed by atoms with E-state index in [-0.39, 0.29) is 24.0 Å². The third-order valence-electron chi connectivity index (χ3n) is 4.09. The van der Waals surface area contributed by atoms with Crippen LogP contribution < -0.4 is 15.6 Å². The Balaban J connectivity index is 1.46. The minimum Gasteiger partial charge on any atom is -0.486 e.